The van der Waals surface area contributed by atoms with Gasteiger partial charge in [0.15, 0.2) is 17.3 Å². The number of methoxy groups -OCH3 is 1. The molecule has 7 heteroatoms. The fourth-order valence-corrected chi connectivity index (χ4v) is 3.90. The molecule has 0 aliphatic carbocycles. The minimum Gasteiger partial charge on any atom is -0.494 e. The van der Waals surface area contributed by atoms with Gasteiger partial charge in [-0.25, -0.2) is 9.37 Å². The summed E-state index contributed by atoms with van der Waals surface area (Å²) in [6.45, 7) is -0.218. The molecule has 0 atom stereocenters. The molecule has 0 aliphatic rings. The molecule has 4 rings (SSSR count). The van der Waals surface area contributed by atoms with E-state index in [-0.39, 0.29) is 29.2 Å². The standard InChI is InChI=1S/C21H15FN2O3S/c1-27-18-8-7-14(9-16(18)22)17(25)11-24-12-23-20-15(21(24)26)10-19(28-20)13-5-3-2-4-6-13/h2-10,12H,11H2,1H3. The molecule has 0 bridgehead atoms. The highest BCUT2D eigenvalue weighted by atomic mass is 32.1. The summed E-state index contributed by atoms with van der Waals surface area (Å²) in [7, 11) is 1.35. The molecule has 0 saturated heterocycles. The molecule has 0 unspecified atom stereocenters. The Bertz CT molecular complexity index is 1230. The molecule has 0 fully saturated rings. The first kappa shape index (κ1) is 18.1. The number of fused-ring (bicyclic) bond motifs is 1. The molecular formula is C21H15FN2O3S. The fourth-order valence-electron chi connectivity index (χ4n) is 2.90. The lowest BCUT2D eigenvalue weighted by molar-refractivity contribution is 0.0970. The summed E-state index contributed by atoms with van der Waals surface area (Å²) in [4.78, 5) is 31.1. The molecule has 0 saturated carbocycles. The van der Waals surface area contributed by atoms with Gasteiger partial charge in [0, 0.05) is 10.4 Å². The molecule has 2 aromatic heterocycles. The van der Waals surface area contributed by atoms with Crippen LogP contribution in [0, 0.1) is 5.82 Å². The topological polar surface area (TPSA) is 61.2 Å². The van der Waals surface area contributed by atoms with E-state index in [1.54, 1.807) is 6.07 Å². The van der Waals surface area contributed by atoms with E-state index in [1.807, 2.05) is 30.3 Å². The first-order valence-electron chi connectivity index (χ1n) is 8.48. The first-order chi connectivity index (χ1) is 13.6. The Labute approximate surface area is 163 Å². The number of nitrogens with zero attached hydrogens (tertiary/aromatic N) is 2. The second-order valence-corrected chi connectivity index (χ2v) is 7.18. The lowest BCUT2D eigenvalue weighted by atomic mass is 10.1. The van der Waals surface area contributed by atoms with Crippen LogP contribution in [0.4, 0.5) is 4.39 Å². The van der Waals surface area contributed by atoms with Crippen molar-refractivity contribution in [2.45, 2.75) is 6.54 Å². The summed E-state index contributed by atoms with van der Waals surface area (Å²) in [6.07, 6.45) is 1.35. The molecule has 2 heterocycles. The van der Waals surface area contributed by atoms with Crippen molar-refractivity contribution < 1.29 is 13.9 Å². The summed E-state index contributed by atoms with van der Waals surface area (Å²) in [5.74, 6) is -0.952. The molecule has 0 amide bonds. The zero-order valence-electron chi connectivity index (χ0n) is 14.9. The predicted molar refractivity (Wildman–Crippen MR) is 107 cm³/mol. The van der Waals surface area contributed by atoms with E-state index in [9.17, 15) is 14.0 Å². The molecule has 28 heavy (non-hydrogen) atoms. The predicted octanol–water partition coefficient (Wildman–Crippen LogP) is 4.16. The maximum Gasteiger partial charge on any atom is 0.262 e. The van der Waals surface area contributed by atoms with Crippen LogP contribution < -0.4 is 10.3 Å². The first-order valence-corrected chi connectivity index (χ1v) is 9.29. The highest BCUT2D eigenvalue weighted by molar-refractivity contribution is 7.21. The van der Waals surface area contributed by atoms with Crippen molar-refractivity contribution in [2.75, 3.05) is 7.11 Å². The number of carbonyl (C=O) groups is 1. The van der Waals surface area contributed by atoms with Gasteiger partial charge in [0.05, 0.1) is 25.4 Å². The van der Waals surface area contributed by atoms with E-state index in [1.165, 1.54) is 41.5 Å². The van der Waals surface area contributed by atoms with Gasteiger partial charge < -0.3 is 4.74 Å². The van der Waals surface area contributed by atoms with Crippen LogP contribution in [0.15, 0.2) is 65.7 Å². The number of halogens is 1. The molecule has 5 nitrogen and oxygen atoms in total. The van der Waals surface area contributed by atoms with Gasteiger partial charge in [-0.1, -0.05) is 30.3 Å². The van der Waals surface area contributed by atoms with Gasteiger partial charge in [-0.05, 0) is 29.8 Å². The average molecular weight is 394 g/mol. The maximum absolute atomic E-state index is 13.8. The van der Waals surface area contributed by atoms with Crippen molar-refractivity contribution in [2.24, 2.45) is 0 Å². The Morgan fingerprint density at radius 3 is 2.68 bits per heavy atom. The smallest absolute Gasteiger partial charge is 0.262 e. The Kier molecular flexibility index (Phi) is 4.75. The van der Waals surface area contributed by atoms with Crippen molar-refractivity contribution in [1.29, 1.82) is 0 Å². The van der Waals surface area contributed by atoms with Crippen LogP contribution in [0.25, 0.3) is 20.7 Å². The Morgan fingerprint density at radius 1 is 1.18 bits per heavy atom. The third kappa shape index (κ3) is 3.32. The second kappa shape index (κ2) is 7.36. The van der Waals surface area contributed by atoms with Gasteiger partial charge in [0.25, 0.3) is 5.56 Å². The second-order valence-electron chi connectivity index (χ2n) is 6.15. The number of Topliss-reactive ketones (excluding diaryl/α,β-unsaturated/α-hetero) is 1. The van der Waals surface area contributed by atoms with Crippen molar-refractivity contribution in [3.63, 3.8) is 0 Å². The molecular weight excluding hydrogens is 379 g/mol. The van der Waals surface area contributed by atoms with Crippen LogP contribution in [0.5, 0.6) is 5.75 Å². The molecule has 2 aromatic carbocycles. The number of aromatic nitrogens is 2. The van der Waals surface area contributed by atoms with Gasteiger partial charge in [-0.15, -0.1) is 11.3 Å². The number of ketones is 1. The fraction of sp³-hybridized carbons (Fsp3) is 0.0952. The third-order valence-corrected chi connectivity index (χ3v) is 5.46. The summed E-state index contributed by atoms with van der Waals surface area (Å²) in [6, 6.07) is 15.5. The van der Waals surface area contributed by atoms with Gasteiger partial charge in [0.2, 0.25) is 0 Å². The summed E-state index contributed by atoms with van der Waals surface area (Å²) in [5, 5.41) is 0.458. The van der Waals surface area contributed by atoms with Crippen LogP contribution >= 0.6 is 11.3 Å². The molecule has 0 radical (unpaired) electrons. The molecule has 140 valence electrons. The van der Waals surface area contributed by atoms with E-state index < -0.39 is 5.82 Å². The highest BCUT2D eigenvalue weighted by Gasteiger charge is 2.14. The number of hydrogen-bond acceptors (Lipinski definition) is 5. The Balaban J connectivity index is 1.66. The molecule has 0 aliphatic heterocycles. The SMILES string of the molecule is COc1ccc(C(=O)Cn2cnc3sc(-c4ccccc4)cc3c2=O)cc1F. The maximum atomic E-state index is 13.8. The van der Waals surface area contributed by atoms with E-state index in [0.717, 1.165) is 16.5 Å². The van der Waals surface area contributed by atoms with E-state index in [2.05, 4.69) is 4.98 Å². The summed E-state index contributed by atoms with van der Waals surface area (Å²) < 4.78 is 19.9. The van der Waals surface area contributed by atoms with Gasteiger partial charge in [-0.3, -0.25) is 14.2 Å². The van der Waals surface area contributed by atoms with Crippen molar-refractivity contribution in [3.8, 4) is 16.2 Å². The van der Waals surface area contributed by atoms with E-state index >= 15 is 0 Å². The number of benzene rings is 2. The van der Waals surface area contributed by atoms with E-state index in [0.29, 0.717) is 10.2 Å². The van der Waals surface area contributed by atoms with Crippen LogP contribution in [-0.2, 0) is 6.54 Å². The number of rotatable bonds is 5. The zero-order valence-corrected chi connectivity index (χ0v) is 15.7. The van der Waals surface area contributed by atoms with Crippen LogP contribution in [0.1, 0.15) is 10.4 Å². The van der Waals surface area contributed by atoms with Crippen LogP contribution in [0.2, 0.25) is 0 Å². The lowest BCUT2D eigenvalue weighted by Gasteiger charge is -2.06. The largest absolute Gasteiger partial charge is 0.494 e. The van der Waals surface area contributed by atoms with E-state index in [4.69, 9.17) is 4.74 Å². The monoisotopic (exact) mass is 394 g/mol. The summed E-state index contributed by atoms with van der Waals surface area (Å²) in [5.41, 5.74) is 0.868. The minimum absolute atomic E-state index is 0.0588. The zero-order chi connectivity index (χ0) is 19.7. The molecule has 4 aromatic rings. The highest BCUT2D eigenvalue weighted by Crippen LogP contribution is 2.30. The van der Waals surface area contributed by atoms with Crippen molar-refractivity contribution in [3.05, 3.63) is 82.7 Å². The van der Waals surface area contributed by atoms with Crippen LogP contribution in [-0.4, -0.2) is 22.4 Å². The van der Waals surface area contributed by atoms with Gasteiger partial charge in [-0.2, -0.15) is 0 Å². The number of hydrogen-bond donors (Lipinski definition) is 0. The number of carbonyl (C=O) groups excluding carboxylic acids is 1. The molecule has 0 spiro atoms. The average Bonchev–Trinajstić information content (AvgIpc) is 3.16. The molecule has 0 N–H and O–H groups in total. The van der Waals surface area contributed by atoms with Crippen molar-refractivity contribution in [1.82, 2.24) is 9.55 Å². The quantitative estimate of drug-likeness (QED) is 0.477. The van der Waals surface area contributed by atoms with Crippen LogP contribution in [0.3, 0.4) is 0 Å². The normalized spacial score (nSPS) is 10.9. The van der Waals surface area contributed by atoms with Gasteiger partial charge >= 0.3 is 0 Å². The summed E-state index contributed by atoms with van der Waals surface area (Å²) >= 11 is 1.42. The van der Waals surface area contributed by atoms with Crippen molar-refractivity contribution >= 4 is 27.3 Å². The number of thiophene rings is 1. The van der Waals surface area contributed by atoms with Gasteiger partial charge in [0.1, 0.15) is 4.83 Å². The Hall–Kier alpha value is -3.32. The Morgan fingerprint density at radius 2 is 1.96 bits per heavy atom. The number of ether oxygens (including phenoxy) is 1. The third-order valence-electron chi connectivity index (χ3n) is 4.36. The lowest BCUT2D eigenvalue weighted by Crippen LogP contribution is -2.24. The minimum atomic E-state index is -0.625.